The van der Waals surface area contributed by atoms with Crippen molar-refractivity contribution in [1.29, 1.82) is 0 Å². The number of carbonyl (C=O) groups excluding carboxylic acids is 2. The minimum absolute atomic E-state index is 0.0401. The van der Waals surface area contributed by atoms with Gasteiger partial charge in [-0.25, -0.2) is 0 Å². The van der Waals surface area contributed by atoms with Gasteiger partial charge in [0.25, 0.3) is 11.8 Å². The zero-order valence-corrected chi connectivity index (χ0v) is 17.7. The first kappa shape index (κ1) is 20.4. The van der Waals surface area contributed by atoms with E-state index in [0.717, 1.165) is 30.9 Å². The number of hydrogen-bond donors (Lipinski definition) is 1. The van der Waals surface area contributed by atoms with Gasteiger partial charge in [-0.3, -0.25) is 9.59 Å². The van der Waals surface area contributed by atoms with E-state index in [-0.39, 0.29) is 11.8 Å². The Morgan fingerprint density at radius 3 is 2.67 bits per heavy atom. The highest BCUT2D eigenvalue weighted by molar-refractivity contribution is 6.05. The number of anilines is 2. The van der Waals surface area contributed by atoms with E-state index >= 15 is 0 Å². The molecule has 0 saturated carbocycles. The summed E-state index contributed by atoms with van der Waals surface area (Å²) in [6.07, 6.45) is 3.22. The van der Waals surface area contributed by atoms with Gasteiger partial charge < -0.3 is 19.9 Å². The monoisotopic (exact) mass is 407 g/mol. The van der Waals surface area contributed by atoms with Crippen molar-refractivity contribution < 1.29 is 14.3 Å². The Hall–Kier alpha value is -2.86. The van der Waals surface area contributed by atoms with Crippen LogP contribution in [0, 0.1) is 6.92 Å². The Morgan fingerprint density at radius 1 is 1.10 bits per heavy atom. The van der Waals surface area contributed by atoms with Gasteiger partial charge in [-0.2, -0.15) is 0 Å². The largest absolute Gasteiger partial charge is 0.479 e. The van der Waals surface area contributed by atoms with Gasteiger partial charge >= 0.3 is 0 Å². The molecule has 1 unspecified atom stereocenters. The van der Waals surface area contributed by atoms with E-state index in [0.29, 0.717) is 23.5 Å². The molecule has 6 heteroatoms. The van der Waals surface area contributed by atoms with Crippen molar-refractivity contribution in [2.24, 2.45) is 0 Å². The molecular formula is C24H29N3O3. The first-order valence-electron chi connectivity index (χ1n) is 10.7. The van der Waals surface area contributed by atoms with Crippen molar-refractivity contribution in [3.05, 3.63) is 53.6 Å². The summed E-state index contributed by atoms with van der Waals surface area (Å²) in [5.74, 6) is 0.464. The van der Waals surface area contributed by atoms with E-state index in [9.17, 15) is 9.59 Å². The number of fused-ring (bicyclic) bond motifs is 1. The number of aryl methyl sites for hydroxylation is 1. The highest BCUT2D eigenvalue weighted by atomic mass is 16.5. The van der Waals surface area contributed by atoms with Gasteiger partial charge in [0, 0.05) is 24.3 Å². The van der Waals surface area contributed by atoms with Crippen LogP contribution in [0.5, 0.6) is 5.75 Å². The number of nitrogens with one attached hydrogen (secondary N) is 1. The molecule has 2 aromatic carbocycles. The lowest BCUT2D eigenvalue weighted by Crippen LogP contribution is -2.48. The van der Waals surface area contributed by atoms with E-state index in [1.165, 1.54) is 19.3 Å². The van der Waals surface area contributed by atoms with Crippen LogP contribution in [-0.4, -0.2) is 49.0 Å². The minimum Gasteiger partial charge on any atom is -0.479 e. The number of benzene rings is 2. The van der Waals surface area contributed by atoms with Gasteiger partial charge in [-0.1, -0.05) is 24.1 Å². The molecule has 30 heavy (non-hydrogen) atoms. The second-order valence-electron chi connectivity index (χ2n) is 8.16. The first-order chi connectivity index (χ1) is 14.5. The van der Waals surface area contributed by atoms with E-state index in [2.05, 4.69) is 10.2 Å². The molecule has 6 nitrogen and oxygen atoms in total. The summed E-state index contributed by atoms with van der Waals surface area (Å²) >= 11 is 0. The Morgan fingerprint density at radius 2 is 1.90 bits per heavy atom. The molecule has 158 valence electrons. The molecule has 4 rings (SSSR count). The maximum atomic E-state index is 12.8. The van der Waals surface area contributed by atoms with Crippen molar-refractivity contribution in [1.82, 2.24) is 4.90 Å². The minimum atomic E-state index is -0.508. The molecule has 0 bridgehead atoms. The van der Waals surface area contributed by atoms with E-state index in [4.69, 9.17) is 4.74 Å². The summed E-state index contributed by atoms with van der Waals surface area (Å²) in [5, 5.41) is 2.94. The SMILES string of the molecule is Cc1cccc(C(=O)Nc2ccc3c(c2)N(CCN2CCCCC2)C(=O)C(C)O3)c1. The number of amides is 2. The zero-order chi connectivity index (χ0) is 21.1. The summed E-state index contributed by atoms with van der Waals surface area (Å²) in [5.41, 5.74) is 3.01. The Bertz CT molecular complexity index is 937. The molecule has 1 saturated heterocycles. The lowest BCUT2D eigenvalue weighted by Gasteiger charge is -2.35. The van der Waals surface area contributed by atoms with Crippen molar-refractivity contribution in [3.8, 4) is 5.75 Å². The maximum absolute atomic E-state index is 12.8. The molecule has 2 aliphatic rings. The third kappa shape index (κ3) is 4.49. The van der Waals surface area contributed by atoms with Gasteiger partial charge in [0.2, 0.25) is 0 Å². The third-order valence-electron chi connectivity index (χ3n) is 5.79. The summed E-state index contributed by atoms with van der Waals surface area (Å²) in [6.45, 7) is 7.39. The lowest BCUT2D eigenvalue weighted by atomic mass is 10.1. The smallest absolute Gasteiger partial charge is 0.267 e. The average molecular weight is 408 g/mol. The molecule has 1 atom stereocenters. The van der Waals surface area contributed by atoms with Crippen LogP contribution >= 0.6 is 0 Å². The fourth-order valence-corrected chi connectivity index (χ4v) is 4.13. The second kappa shape index (κ2) is 8.88. The molecule has 2 aromatic rings. The number of piperidine rings is 1. The van der Waals surface area contributed by atoms with Crippen LogP contribution in [0.3, 0.4) is 0 Å². The number of hydrogen-bond acceptors (Lipinski definition) is 4. The summed E-state index contributed by atoms with van der Waals surface area (Å²) < 4.78 is 5.81. The maximum Gasteiger partial charge on any atom is 0.267 e. The van der Waals surface area contributed by atoms with Crippen molar-refractivity contribution in [3.63, 3.8) is 0 Å². The van der Waals surface area contributed by atoms with Gasteiger partial charge in [-0.15, -0.1) is 0 Å². The number of carbonyl (C=O) groups is 2. The summed E-state index contributed by atoms with van der Waals surface area (Å²) in [4.78, 5) is 29.7. The molecule has 0 spiro atoms. The lowest BCUT2D eigenvalue weighted by molar-refractivity contribution is -0.125. The predicted molar refractivity (Wildman–Crippen MR) is 118 cm³/mol. The Labute approximate surface area is 177 Å². The van der Waals surface area contributed by atoms with Gasteiger partial charge in [-0.05, 0) is 70.1 Å². The summed E-state index contributed by atoms with van der Waals surface area (Å²) in [7, 11) is 0. The number of rotatable bonds is 5. The zero-order valence-electron chi connectivity index (χ0n) is 17.7. The highest BCUT2D eigenvalue weighted by Gasteiger charge is 2.32. The molecule has 2 aliphatic heterocycles. The molecule has 0 radical (unpaired) electrons. The van der Waals surface area contributed by atoms with E-state index < -0.39 is 6.10 Å². The average Bonchev–Trinajstić information content (AvgIpc) is 2.75. The van der Waals surface area contributed by atoms with E-state index in [1.807, 2.05) is 43.3 Å². The van der Waals surface area contributed by atoms with Crippen LogP contribution in [0.4, 0.5) is 11.4 Å². The predicted octanol–water partition coefficient (Wildman–Crippen LogP) is 3.85. The van der Waals surface area contributed by atoms with Crippen LogP contribution in [0.25, 0.3) is 0 Å². The standard InChI is InChI=1S/C24H29N3O3/c1-17-7-6-8-19(15-17)23(28)25-20-9-10-22-21(16-20)27(24(29)18(2)30-22)14-13-26-11-4-3-5-12-26/h6-10,15-16,18H,3-5,11-14H2,1-2H3,(H,25,28). The molecule has 1 fully saturated rings. The fraction of sp³-hybridized carbons (Fsp3) is 0.417. The molecule has 0 aromatic heterocycles. The third-order valence-corrected chi connectivity index (χ3v) is 5.79. The second-order valence-corrected chi connectivity index (χ2v) is 8.16. The van der Waals surface area contributed by atoms with E-state index in [1.54, 1.807) is 17.9 Å². The fourth-order valence-electron chi connectivity index (χ4n) is 4.13. The Kier molecular flexibility index (Phi) is 6.04. The molecule has 2 amide bonds. The summed E-state index contributed by atoms with van der Waals surface area (Å²) in [6, 6.07) is 13.0. The van der Waals surface area contributed by atoms with Gasteiger partial charge in [0.15, 0.2) is 6.10 Å². The van der Waals surface area contributed by atoms with Gasteiger partial charge in [0.05, 0.1) is 5.69 Å². The number of ether oxygens (including phenoxy) is 1. The Balaban J connectivity index is 1.53. The highest BCUT2D eigenvalue weighted by Crippen LogP contribution is 2.36. The van der Waals surface area contributed by atoms with Crippen LogP contribution in [0.1, 0.15) is 42.1 Å². The van der Waals surface area contributed by atoms with Crippen molar-refractivity contribution >= 4 is 23.2 Å². The van der Waals surface area contributed by atoms with Crippen LogP contribution < -0.4 is 15.0 Å². The molecule has 0 aliphatic carbocycles. The topological polar surface area (TPSA) is 61.9 Å². The normalized spacial score (nSPS) is 19.2. The quantitative estimate of drug-likeness (QED) is 0.818. The molecular weight excluding hydrogens is 378 g/mol. The van der Waals surface area contributed by atoms with Crippen molar-refractivity contribution in [2.75, 3.05) is 36.4 Å². The van der Waals surface area contributed by atoms with Crippen LogP contribution in [0.15, 0.2) is 42.5 Å². The molecule has 1 N–H and O–H groups in total. The molecule has 2 heterocycles. The first-order valence-corrected chi connectivity index (χ1v) is 10.7. The van der Waals surface area contributed by atoms with Crippen molar-refractivity contribution in [2.45, 2.75) is 39.2 Å². The number of likely N-dealkylation sites (tertiary alicyclic amines) is 1. The van der Waals surface area contributed by atoms with Crippen LogP contribution in [-0.2, 0) is 4.79 Å². The van der Waals surface area contributed by atoms with Crippen LogP contribution in [0.2, 0.25) is 0 Å². The van der Waals surface area contributed by atoms with Gasteiger partial charge in [0.1, 0.15) is 5.75 Å². The number of nitrogens with zero attached hydrogens (tertiary/aromatic N) is 2.